The summed E-state index contributed by atoms with van der Waals surface area (Å²) in [6.07, 6.45) is -0.339. The highest BCUT2D eigenvalue weighted by Crippen LogP contribution is 2.19. The van der Waals surface area contributed by atoms with Gasteiger partial charge in [0.05, 0.1) is 12.5 Å². The summed E-state index contributed by atoms with van der Waals surface area (Å²) in [7, 11) is 0. The van der Waals surface area contributed by atoms with E-state index in [0.29, 0.717) is 12.8 Å². The number of aromatic amines is 2. The van der Waals surface area contributed by atoms with Crippen LogP contribution in [0.25, 0.3) is 0 Å². The van der Waals surface area contributed by atoms with Crippen LogP contribution < -0.4 is 16.6 Å². The van der Waals surface area contributed by atoms with Gasteiger partial charge in [-0.1, -0.05) is 0 Å². The van der Waals surface area contributed by atoms with E-state index in [9.17, 15) is 19.2 Å². The van der Waals surface area contributed by atoms with Crippen molar-refractivity contribution in [2.75, 3.05) is 6.54 Å². The van der Waals surface area contributed by atoms with E-state index in [1.165, 1.54) is 0 Å². The van der Waals surface area contributed by atoms with Crippen LogP contribution in [-0.2, 0) is 20.7 Å². The van der Waals surface area contributed by atoms with E-state index in [-0.39, 0.29) is 24.8 Å². The van der Waals surface area contributed by atoms with Gasteiger partial charge in [0.2, 0.25) is 5.91 Å². The molecule has 2 atom stereocenters. The fourth-order valence-electron chi connectivity index (χ4n) is 2.12. The maximum atomic E-state index is 11.7. The van der Waals surface area contributed by atoms with Gasteiger partial charge in [-0.15, -0.1) is 0 Å². The van der Waals surface area contributed by atoms with Gasteiger partial charge >= 0.3 is 11.7 Å². The third-order valence-electron chi connectivity index (χ3n) is 3.08. The molecule has 1 aromatic rings. The number of rotatable bonds is 5. The Kier molecular flexibility index (Phi) is 4.53. The zero-order valence-electron chi connectivity index (χ0n) is 11.0. The smallest absolute Gasteiger partial charge is 0.332 e. The van der Waals surface area contributed by atoms with E-state index in [1.54, 1.807) is 0 Å². The SMILES string of the molecule is O=C(Cc1cc(=O)[nH]c(=O)[nH]1)NCC1CCC(C(=O)O)O1. The predicted molar refractivity (Wildman–Crippen MR) is 69.9 cm³/mol. The molecule has 114 valence electrons. The van der Waals surface area contributed by atoms with Crippen molar-refractivity contribution in [3.63, 3.8) is 0 Å². The van der Waals surface area contributed by atoms with E-state index in [1.807, 2.05) is 4.98 Å². The molecule has 1 saturated heterocycles. The van der Waals surface area contributed by atoms with Crippen molar-refractivity contribution in [3.8, 4) is 0 Å². The summed E-state index contributed by atoms with van der Waals surface area (Å²) < 4.78 is 5.23. The first-order chi connectivity index (χ1) is 9.94. The lowest BCUT2D eigenvalue weighted by molar-refractivity contribution is -0.149. The average Bonchev–Trinajstić information content (AvgIpc) is 2.84. The summed E-state index contributed by atoms with van der Waals surface area (Å²) in [6.45, 7) is 0.191. The lowest BCUT2D eigenvalue weighted by atomic mass is 10.2. The maximum absolute atomic E-state index is 11.7. The van der Waals surface area contributed by atoms with Crippen LogP contribution in [0.1, 0.15) is 18.5 Å². The molecule has 0 bridgehead atoms. The van der Waals surface area contributed by atoms with Gasteiger partial charge in [-0.25, -0.2) is 9.59 Å². The fraction of sp³-hybridized carbons (Fsp3) is 0.500. The normalized spacial score (nSPS) is 21.1. The van der Waals surface area contributed by atoms with Gasteiger partial charge in [0.15, 0.2) is 6.10 Å². The molecule has 1 aromatic heterocycles. The molecule has 9 heteroatoms. The Morgan fingerprint density at radius 3 is 2.71 bits per heavy atom. The number of ether oxygens (including phenoxy) is 1. The molecule has 21 heavy (non-hydrogen) atoms. The van der Waals surface area contributed by atoms with Crippen LogP contribution in [0.2, 0.25) is 0 Å². The van der Waals surface area contributed by atoms with Gasteiger partial charge in [0, 0.05) is 18.3 Å². The zero-order chi connectivity index (χ0) is 15.4. The van der Waals surface area contributed by atoms with E-state index >= 15 is 0 Å². The molecule has 1 fully saturated rings. The van der Waals surface area contributed by atoms with Crippen molar-refractivity contribution in [2.45, 2.75) is 31.5 Å². The van der Waals surface area contributed by atoms with Crippen LogP contribution in [0.3, 0.4) is 0 Å². The molecular weight excluding hydrogens is 282 g/mol. The number of amides is 1. The van der Waals surface area contributed by atoms with Crippen molar-refractivity contribution in [1.29, 1.82) is 0 Å². The Labute approximate surface area is 118 Å². The Bertz CT molecular complexity index is 621. The quantitative estimate of drug-likeness (QED) is 0.513. The monoisotopic (exact) mass is 297 g/mol. The summed E-state index contributed by atoms with van der Waals surface area (Å²) in [4.78, 5) is 48.9. The highest BCUT2D eigenvalue weighted by atomic mass is 16.5. The van der Waals surface area contributed by atoms with Gasteiger partial charge < -0.3 is 20.1 Å². The molecule has 0 saturated carbocycles. The molecule has 0 aromatic carbocycles. The van der Waals surface area contributed by atoms with Crippen molar-refractivity contribution in [2.24, 2.45) is 0 Å². The van der Waals surface area contributed by atoms with E-state index in [4.69, 9.17) is 9.84 Å². The number of carbonyl (C=O) groups is 2. The van der Waals surface area contributed by atoms with Crippen molar-refractivity contribution in [3.05, 3.63) is 32.6 Å². The number of carboxylic acids is 1. The van der Waals surface area contributed by atoms with Crippen molar-refractivity contribution < 1.29 is 19.4 Å². The summed E-state index contributed by atoms with van der Waals surface area (Å²) in [5.41, 5.74) is -1.05. The Hall–Kier alpha value is -2.42. The van der Waals surface area contributed by atoms with Crippen molar-refractivity contribution in [1.82, 2.24) is 15.3 Å². The third-order valence-corrected chi connectivity index (χ3v) is 3.08. The topological polar surface area (TPSA) is 141 Å². The van der Waals surface area contributed by atoms with Crippen LogP contribution >= 0.6 is 0 Å². The molecule has 0 spiro atoms. The number of carbonyl (C=O) groups excluding carboxylic acids is 1. The van der Waals surface area contributed by atoms with Gasteiger partial charge in [-0.3, -0.25) is 14.6 Å². The summed E-state index contributed by atoms with van der Waals surface area (Å²) in [6, 6.07) is 1.13. The lowest BCUT2D eigenvalue weighted by Gasteiger charge is -2.12. The van der Waals surface area contributed by atoms with Crippen LogP contribution in [0.15, 0.2) is 15.7 Å². The first kappa shape index (κ1) is 15.0. The number of hydrogen-bond acceptors (Lipinski definition) is 5. The number of aromatic nitrogens is 2. The molecule has 1 amide bonds. The molecule has 1 aliphatic rings. The zero-order valence-corrected chi connectivity index (χ0v) is 11.0. The van der Waals surface area contributed by atoms with Gasteiger partial charge in [-0.2, -0.15) is 0 Å². The molecule has 9 nitrogen and oxygen atoms in total. The van der Waals surface area contributed by atoms with Crippen LogP contribution in [0.4, 0.5) is 0 Å². The van der Waals surface area contributed by atoms with Gasteiger partial charge in [0.1, 0.15) is 0 Å². The molecule has 2 unspecified atom stereocenters. The van der Waals surface area contributed by atoms with E-state index in [2.05, 4.69) is 10.3 Å². The Morgan fingerprint density at radius 2 is 2.10 bits per heavy atom. The minimum atomic E-state index is -1.01. The summed E-state index contributed by atoms with van der Waals surface area (Å²) >= 11 is 0. The number of nitrogens with one attached hydrogen (secondary N) is 3. The molecular formula is C12H15N3O6. The number of carboxylic acid groups (broad SMARTS) is 1. The molecule has 1 aliphatic heterocycles. The second kappa shape index (κ2) is 6.35. The molecule has 4 N–H and O–H groups in total. The van der Waals surface area contributed by atoms with Gasteiger partial charge in [0.25, 0.3) is 5.56 Å². The maximum Gasteiger partial charge on any atom is 0.332 e. The first-order valence-electron chi connectivity index (χ1n) is 6.41. The largest absolute Gasteiger partial charge is 0.479 e. The average molecular weight is 297 g/mol. The minimum Gasteiger partial charge on any atom is -0.479 e. The van der Waals surface area contributed by atoms with Crippen LogP contribution in [-0.4, -0.2) is 45.7 Å². The molecule has 0 aliphatic carbocycles. The van der Waals surface area contributed by atoms with Crippen LogP contribution in [0, 0.1) is 0 Å². The predicted octanol–water partition coefficient (Wildman–Crippen LogP) is -1.65. The highest BCUT2D eigenvalue weighted by Gasteiger charge is 2.30. The number of H-pyrrole nitrogens is 2. The van der Waals surface area contributed by atoms with Crippen molar-refractivity contribution >= 4 is 11.9 Å². The summed E-state index contributed by atoms with van der Waals surface area (Å²) in [5.74, 6) is -1.40. The lowest BCUT2D eigenvalue weighted by Crippen LogP contribution is -2.35. The highest BCUT2D eigenvalue weighted by molar-refractivity contribution is 5.78. The van der Waals surface area contributed by atoms with Gasteiger partial charge in [-0.05, 0) is 12.8 Å². The number of aliphatic carboxylic acids is 1. The third kappa shape index (κ3) is 4.28. The van der Waals surface area contributed by atoms with E-state index < -0.39 is 29.2 Å². The summed E-state index contributed by atoms with van der Waals surface area (Å²) in [5, 5.41) is 11.4. The van der Waals surface area contributed by atoms with E-state index in [0.717, 1.165) is 6.07 Å². The first-order valence-corrected chi connectivity index (χ1v) is 6.41. The number of hydrogen-bond donors (Lipinski definition) is 4. The Morgan fingerprint density at radius 1 is 1.33 bits per heavy atom. The second-order valence-electron chi connectivity index (χ2n) is 4.76. The molecule has 2 rings (SSSR count). The van der Waals surface area contributed by atoms with Crippen LogP contribution in [0.5, 0.6) is 0 Å². The fourth-order valence-corrected chi connectivity index (χ4v) is 2.12. The minimum absolute atomic E-state index is 0.145. The second-order valence-corrected chi connectivity index (χ2v) is 4.76. The molecule has 0 radical (unpaired) electrons. The molecule has 2 heterocycles. The Balaban J connectivity index is 1.81. The standard InChI is InChI=1S/C12H15N3O6/c16-9(3-6-4-10(17)15-12(20)14-6)13-5-7-1-2-8(21-7)11(18)19/h4,7-8H,1-3,5H2,(H,13,16)(H,18,19)(H2,14,15,17,20).